The van der Waals surface area contributed by atoms with Gasteiger partial charge in [-0.3, -0.25) is 9.59 Å². The lowest BCUT2D eigenvalue weighted by atomic mass is 10.2. The number of carbonyl (C=O) groups is 2. The summed E-state index contributed by atoms with van der Waals surface area (Å²) in [5.41, 5.74) is -4.35. The average Bonchev–Trinajstić information content (AvgIpc) is 2.77. The zero-order chi connectivity index (χ0) is 26.5. The van der Waals surface area contributed by atoms with E-state index in [0.717, 1.165) is 17.0 Å². The Hall–Kier alpha value is -3.87. The molecule has 35 heavy (non-hydrogen) atoms. The van der Waals surface area contributed by atoms with Gasteiger partial charge >= 0.3 is 23.2 Å². The van der Waals surface area contributed by atoms with Gasteiger partial charge in [0.05, 0.1) is 30.2 Å². The van der Waals surface area contributed by atoms with Gasteiger partial charge in [-0.1, -0.05) is 23.8 Å². The third kappa shape index (κ3) is 6.38. The number of rotatable bonds is 9. The fourth-order valence-corrected chi connectivity index (χ4v) is 3.19. The number of hydrogen-bond acceptors (Lipinski definition) is 5. The first-order chi connectivity index (χ1) is 16.3. The van der Waals surface area contributed by atoms with Gasteiger partial charge < -0.3 is 10.2 Å². The van der Waals surface area contributed by atoms with Crippen molar-refractivity contribution in [1.82, 2.24) is 18.6 Å². The Balaban J connectivity index is 2.23. The molecule has 2 rings (SSSR count). The summed E-state index contributed by atoms with van der Waals surface area (Å²) in [5, 5.41) is 1.67. The van der Waals surface area contributed by atoms with Crippen LogP contribution in [0.2, 0.25) is 5.02 Å². The van der Waals surface area contributed by atoms with Crippen molar-refractivity contribution in [2.24, 2.45) is 0 Å². The maximum absolute atomic E-state index is 13.0. The molecular formula is C21H21ClF3N5O5. The van der Waals surface area contributed by atoms with Crippen LogP contribution in [0.1, 0.15) is 5.56 Å². The molecule has 2 amide bonds. The Morgan fingerprint density at radius 2 is 1.54 bits per heavy atom. The van der Waals surface area contributed by atoms with E-state index >= 15 is 0 Å². The molecule has 0 aliphatic rings. The first kappa shape index (κ1) is 27.4. The standard InChI is InChI=1S/C21H21ClF3N5O5/c1-4-8-28-18(33)29(9-5-2)20(35)30(19(28)34)12-17(32)27(3)11-16(31)26-13-6-7-15(22)14(10-13)21(23,24)25/h4-7,10H,1-2,8-9,11-12H2,3H3,(H,26,31). The molecule has 0 saturated carbocycles. The number of carbonyl (C=O) groups excluding carboxylic acids is 2. The molecule has 0 saturated heterocycles. The Bertz CT molecular complexity index is 1290. The maximum atomic E-state index is 13.0. The summed E-state index contributed by atoms with van der Waals surface area (Å²) in [4.78, 5) is 63.3. The van der Waals surface area contributed by atoms with E-state index in [4.69, 9.17) is 11.6 Å². The van der Waals surface area contributed by atoms with Crippen LogP contribution in [0, 0.1) is 0 Å². The summed E-state index contributed by atoms with van der Waals surface area (Å²) >= 11 is 5.54. The minimum absolute atomic E-state index is 0.201. The van der Waals surface area contributed by atoms with Gasteiger partial charge in [0.1, 0.15) is 6.54 Å². The molecule has 0 aliphatic carbocycles. The summed E-state index contributed by atoms with van der Waals surface area (Å²) in [7, 11) is 1.19. The summed E-state index contributed by atoms with van der Waals surface area (Å²) in [6.45, 7) is 5.04. The molecule has 0 spiro atoms. The summed E-state index contributed by atoms with van der Waals surface area (Å²) < 4.78 is 40.9. The van der Waals surface area contributed by atoms with Gasteiger partial charge in [0, 0.05) is 12.7 Å². The smallest absolute Gasteiger partial charge is 0.335 e. The van der Waals surface area contributed by atoms with Crippen LogP contribution in [0.5, 0.6) is 0 Å². The fraction of sp³-hybridized carbons (Fsp3) is 0.286. The highest BCUT2D eigenvalue weighted by Crippen LogP contribution is 2.36. The van der Waals surface area contributed by atoms with E-state index in [1.165, 1.54) is 19.2 Å². The van der Waals surface area contributed by atoms with Crippen molar-refractivity contribution in [2.45, 2.75) is 25.8 Å². The molecule has 10 nitrogen and oxygen atoms in total. The third-order valence-electron chi connectivity index (χ3n) is 4.66. The van der Waals surface area contributed by atoms with E-state index in [2.05, 4.69) is 18.5 Å². The quantitative estimate of drug-likeness (QED) is 0.506. The zero-order valence-electron chi connectivity index (χ0n) is 18.5. The highest BCUT2D eigenvalue weighted by atomic mass is 35.5. The van der Waals surface area contributed by atoms with E-state index < -0.39 is 58.7 Å². The van der Waals surface area contributed by atoms with Gasteiger partial charge in [-0.15, -0.1) is 13.2 Å². The predicted molar refractivity (Wildman–Crippen MR) is 122 cm³/mol. The number of allylic oxidation sites excluding steroid dienone is 2. The van der Waals surface area contributed by atoms with E-state index in [1.807, 2.05) is 0 Å². The van der Waals surface area contributed by atoms with Crippen molar-refractivity contribution in [2.75, 3.05) is 18.9 Å². The van der Waals surface area contributed by atoms with Crippen LogP contribution < -0.4 is 22.4 Å². The molecule has 0 aliphatic heterocycles. The minimum atomic E-state index is -4.74. The van der Waals surface area contributed by atoms with Gasteiger partial charge in [-0.05, 0) is 18.2 Å². The molecule has 14 heteroatoms. The molecule has 2 aromatic rings. The molecule has 188 valence electrons. The zero-order valence-corrected chi connectivity index (χ0v) is 19.2. The van der Waals surface area contributed by atoms with E-state index in [-0.39, 0.29) is 18.8 Å². The van der Waals surface area contributed by atoms with Gasteiger partial charge in [-0.2, -0.15) is 13.2 Å². The highest BCUT2D eigenvalue weighted by Gasteiger charge is 2.33. The second kappa shape index (κ2) is 11.0. The lowest BCUT2D eigenvalue weighted by Gasteiger charge is -2.18. The van der Waals surface area contributed by atoms with Crippen molar-refractivity contribution in [3.8, 4) is 0 Å². The SMILES string of the molecule is C=CCn1c(=O)n(CC=C)c(=O)n(CC(=O)N(C)CC(=O)Nc2ccc(Cl)c(C(F)(F)F)c2)c1=O. The molecule has 0 atom stereocenters. The molecule has 0 unspecified atom stereocenters. The number of anilines is 1. The molecule has 1 aromatic carbocycles. The van der Waals surface area contributed by atoms with Crippen LogP contribution >= 0.6 is 11.6 Å². The number of hydrogen-bond donors (Lipinski definition) is 1. The van der Waals surface area contributed by atoms with Crippen LogP contribution in [-0.4, -0.2) is 44.0 Å². The number of nitrogens with one attached hydrogen (secondary N) is 1. The van der Waals surface area contributed by atoms with Crippen molar-refractivity contribution >= 4 is 29.1 Å². The van der Waals surface area contributed by atoms with Crippen LogP contribution in [0.15, 0.2) is 57.9 Å². The number of alkyl halides is 3. The lowest BCUT2D eigenvalue weighted by molar-refractivity contribution is -0.137. The number of likely N-dealkylation sites (N-methyl/N-ethyl adjacent to an activating group) is 1. The van der Waals surface area contributed by atoms with Crippen molar-refractivity contribution in [1.29, 1.82) is 0 Å². The van der Waals surface area contributed by atoms with Crippen LogP contribution in [0.25, 0.3) is 0 Å². The first-order valence-corrected chi connectivity index (χ1v) is 10.3. The third-order valence-corrected chi connectivity index (χ3v) is 4.99. The monoisotopic (exact) mass is 515 g/mol. The van der Waals surface area contributed by atoms with Crippen LogP contribution in [0.3, 0.4) is 0 Å². The lowest BCUT2D eigenvalue weighted by Crippen LogP contribution is -2.55. The van der Waals surface area contributed by atoms with Crippen LogP contribution in [0.4, 0.5) is 18.9 Å². The Morgan fingerprint density at radius 1 is 1.03 bits per heavy atom. The van der Waals surface area contributed by atoms with E-state index in [1.54, 1.807) is 0 Å². The molecule has 1 aromatic heterocycles. The van der Waals surface area contributed by atoms with Crippen molar-refractivity contribution < 1.29 is 22.8 Å². The molecule has 1 N–H and O–H groups in total. The number of nitrogens with zero attached hydrogens (tertiary/aromatic N) is 4. The number of halogens is 4. The Labute approximate surface area is 201 Å². The van der Waals surface area contributed by atoms with E-state index in [9.17, 15) is 37.1 Å². The summed E-state index contributed by atoms with van der Waals surface area (Å²) in [6.07, 6.45) is -2.22. The highest BCUT2D eigenvalue weighted by molar-refractivity contribution is 6.31. The predicted octanol–water partition coefficient (Wildman–Crippen LogP) is 1.31. The molecule has 0 bridgehead atoms. The summed E-state index contributed by atoms with van der Waals surface area (Å²) in [6, 6.07) is 2.77. The molecule has 1 heterocycles. The van der Waals surface area contributed by atoms with Crippen molar-refractivity contribution in [3.05, 3.63) is 85.5 Å². The normalized spacial score (nSPS) is 11.1. The number of amides is 2. The topological polar surface area (TPSA) is 115 Å². The molecule has 0 fully saturated rings. The van der Waals surface area contributed by atoms with Gasteiger partial charge in [-0.25, -0.2) is 28.1 Å². The second-order valence-corrected chi connectivity index (χ2v) is 7.63. The van der Waals surface area contributed by atoms with Gasteiger partial charge in [0.2, 0.25) is 11.8 Å². The first-order valence-electron chi connectivity index (χ1n) is 9.88. The maximum Gasteiger partial charge on any atom is 0.417 e. The van der Waals surface area contributed by atoms with Gasteiger partial charge in [0.25, 0.3) is 0 Å². The number of benzene rings is 1. The Kier molecular flexibility index (Phi) is 8.63. The largest absolute Gasteiger partial charge is 0.417 e. The van der Waals surface area contributed by atoms with Gasteiger partial charge in [0.15, 0.2) is 0 Å². The fourth-order valence-electron chi connectivity index (χ4n) is 2.97. The van der Waals surface area contributed by atoms with Crippen molar-refractivity contribution in [3.63, 3.8) is 0 Å². The van der Waals surface area contributed by atoms with Crippen LogP contribution in [-0.2, 0) is 35.4 Å². The average molecular weight is 516 g/mol. The minimum Gasteiger partial charge on any atom is -0.335 e. The summed E-state index contributed by atoms with van der Waals surface area (Å²) in [5.74, 6) is -1.69. The second-order valence-electron chi connectivity index (χ2n) is 7.22. The number of aromatic nitrogens is 3. The molecule has 0 radical (unpaired) electrons. The molecular weight excluding hydrogens is 495 g/mol. The van der Waals surface area contributed by atoms with E-state index in [0.29, 0.717) is 19.8 Å². The Morgan fingerprint density at radius 3 is 2.03 bits per heavy atom.